The predicted molar refractivity (Wildman–Crippen MR) is 132 cm³/mol. The summed E-state index contributed by atoms with van der Waals surface area (Å²) in [5, 5.41) is 2.58. The number of hydrogen-bond donors (Lipinski definition) is 0. The van der Waals surface area contributed by atoms with Crippen LogP contribution in [0.4, 0.5) is 5.69 Å². The number of amides is 2. The normalized spacial score (nSPS) is 18.1. The third-order valence-corrected chi connectivity index (χ3v) is 7.14. The van der Waals surface area contributed by atoms with E-state index in [1.807, 2.05) is 71.8 Å². The Hall–Kier alpha value is -2.63. The smallest absolute Gasteiger partial charge is 0.254 e. The molecule has 2 heterocycles. The molecular formula is C26H27ClN2O2S. The van der Waals surface area contributed by atoms with Crippen LogP contribution in [0.1, 0.15) is 52.2 Å². The average molecular weight is 467 g/mol. The molecule has 0 spiro atoms. The zero-order chi connectivity index (χ0) is 23.0. The lowest BCUT2D eigenvalue weighted by molar-refractivity contribution is -0.121. The largest absolute Gasteiger partial charge is 0.329 e. The number of likely N-dealkylation sites (N-methyl/N-ethyl adjacent to an activating group) is 1. The molecule has 0 unspecified atom stereocenters. The molecule has 1 aliphatic rings. The Kier molecular flexibility index (Phi) is 6.40. The summed E-state index contributed by atoms with van der Waals surface area (Å²) in [4.78, 5) is 32.3. The molecule has 0 radical (unpaired) electrons. The summed E-state index contributed by atoms with van der Waals surface area (Å²) in [6.07, 6.45) is 0. The van der Waals surface area contributed by atoms with E-state index in [9.17, 15) is 9.59 Å². The Morgan fingerprint density at radius 3 is 2.59 bits per heavy atom. The lowest BCUT2D eigenvalue weighted by atomic mass is 9.80. The summed E-state index contributed by atoms with van der Waals surface area (Å²) in [7, 11) is 1.79. The quantitative estimate of drug-likeness (QED) is 0.442. The Balaban J connectivity index is 1.88. The molecule has 2 aromatic carbocycles. The summed E-state index contributed by atoms with van der Waals surface area (Å²) >= 11 is 7.84. The number of thiophene rings is 1. The number of carbonyl (C=O) groups excluding carboxylic acids is 2. The van der Waals surface area contributed by atoms with Gasteiger partial charge < -0.3 is 9.80 Å². The van der Waals surface area contributed by atoms with Gasteiger partial charge in [-0.3, -0.25) is 9.59 Å². The Labute approximate surface area is 198 Å². The maximum Gasteiger partial charge on any atom is 0.254 e. The van der Waals surface area contributed by atoms with Crippen LogP contribution in [0.2, 0.25) is 5.02 Å². The van der Waals surface area contributed by atoms with Crippen LogP contribution in [0.15, 0.2) is 60.0 Å². The fourth-order valence-corrected chi connectivity index (χ4v) is 5.54. The highest BCUT2D eigenvalue weighted by atomic mass is 35.5. The molecule has 0 saturated heterocycles. The minimum absolute atomic E-state index is 0.0154. The number of anilines is 1. The topological polar surface area (TPSA) is 40.6 Å². The van der Waals surface area contributed by atoms with Crippen molar-refractivity contribution in [2.24, 2.45) is 5.92 Å². The van der Waals surface area contributed by atoms with Crippen LogP contribution in [0.3, 0.4) is 0 Å². The van der Waals surface area contributed by atoms with Gasteiger partial charge in [0.05, 0.1) is 12.0 Å². The van der Waals surface area contributed by atoms with Crippen molar-refractivity contribution in [1.82, 2.24) is 4.90 Å². The summed E-state index contributed by atoms with van der Waals surface area (Å²) in [6, 6.07) is 16.7. The van der Waals surface area contributed by atoms with Crippen LogP contribution in [-0.2, 0) is 4.79 Å². The highest BCUT2D eigenvalue weighted by molar-refractivity contribution is 7.10. The van der Waals surface area contributed by atoms with Crippen molar-refractivity contribution in [3.63, 3.8) is 0 Å². The van der Waals surface area contributed by atoms with E-state index in [-0.39, 0.29) is 23.8 Å². The van der Waals surface area contributed by atoms with Crippen LogP contribution in [0.25, 0.3) is 0 Å². The lowest BCUT2D eigenvalue weighted by Gasteiger charge is -2.43. The van der Waals surface area contributed by atoms with Gasteiger partial charge in [0.1, 0.15) is 0 Å². The van der Waals surface area contributed by atoms with Gasteiger partial charge in [0.25, 0.3) is 5.91 Å². The summed E-state index contributed by atoms with van der Waals surface area (Å²) in [5.74, 6) is -0.305. The SMILES string of the molecule is Cc1ccc(Cl)cc1N(C)C(=O)[C@@H]1c2ccccc2C(=O)N(CC(C)C)[C@@H]1c1cccs1. The maximum absolute atomic E-state index is 14.1. The van der Waals surface area contributed by atoms with E-state index in [0.29, 0.717) is 17.1 Å². The summed E-state index contributed by atoms with van der Waals surface area (Å²) < 4.78 is 0. The molecule has 0 N–H and O–H groups in total. The Morgan fingerprint density at radius 1 is 1.16 bits per heavy atom. The molecule has 0 bridgehead atoms. The molecule has 4 nitrogen and oxygen atoms in total. The fraction of sp³-hybridized carbons (Fsp3) is 0.308. The van der Waals surface area contributed by atoms with Crippen molar-refractivity contribution in [2.45, 2.75) is 32.7 Å². The van der Waals surface area contributed by atoms with Crippen LogP contribution in [-0.4, -0.2) is 30.3 Å². The minimum atomic E-state index is -0.510. The molecule has 1 aliphatic heterocycles. The monoisotopic (exact) mass is 466 g/mol. The molecule has 2 atom stereocenters. The summed E-state index contributed by atoms with van der Waals surface area (Å²) in [5.41, 5.74) is 3.14. The molecule has 0 aliphatic carbocycles. The van der Waals surface area contributed by atoms with Crippen molar-refractivity contribution < 1.29 is 9.59 Å². The van der Waals surface area contributed by atoms with E-state index in [0.717, 1.165) is 21.7 Å². The van der Waals surface area contributed by atoms with E-state index in [1.54, 1.807) is 23.3 Å². The van der Waals surface area contributed by atoms with Gasteiger partial charge in [0.2, 0.25) is 5.91 Å². The van der Waals surface area contributed by atoms with Gasteiger partial charge in [-0.05, 0) is 53.6 Å². The van der Waals surface area contributed by atoms with E-state index in [4.69, 9.17) is 11.6 Å². The highest BCUT2D eigenvalue weighted by Crippen LogP contribution is 2.45. The Morgan fingerprint density at radius 2 is 1.91 bits per heavy atom. The third kappa shape index (κ3) is 4.07. The molecule has 4 rings (SSSR count). The van der Waals surface area contributed by atoms with Crippen LogP contribution < -0.4 is 4.90 Å². The molecule has 3 aromatic rings. The van der Waals surface area contributed by atoms with Crippen molar-refractivity contribution in [1.29, 1.82) is 0 Å². The van der Waals surface area contributed by atoms with E-state index < -0.39 is 5.92 Å². The van der Waals surface area contributed by atoms with Gasteiger partial charge in [-0.25, -0.2) is 0 Å². The zero-order valence-electron chi connectivity index (χ0n) is 18.7. The second-order valence-electron chi connectivity index (χ2n) is 8.70. The van der Waals surface area contributed by atoms with Gasteiger partial charge in [-0.15, -0.1) is 11.3 Å². The summed E-state index contributed by atoms with van der Waals surface area (Å²) in [6.45, 7) is 6.74. The van der Waals surface area contributed by atoms with Crippen LogP contribution in [0, 0.1) is 12.8 Å². The zero-order valence-corrected chi connectivity index (χ0v) is 20.3. The number of hydrogen-bond acceptors (Lipinski definition) is 3. The van der Waals surface area contributed by atoms with Crippen molar-refractivity contribution in [3.8, 4) is 0 Å². The molecule has 166 valence electrons. The van der Waals surface area contributed by atoms with Gasteiger partial charge in [-0.2, -0.15) is 0 Å². The number of rotatable bonds is 5. The third-order valence-electron chi connectivity index (χ3n) is 5.96. The number of carbonyl (C=O) groups is 2. The fourth-order valence-electron chi connectivity index (χ4n) is 4.50. The molecule has 0 saturated carbocycles. The number of aryl methyl sites for hydroxylation is 1. The van der Waals surface area contributed by atoms with Crippen molar-refractivity contribution in [3.05, 3.63) is 86.6 Å². The maximum atomic E-state index is 14.1. The number of halogens is 1. The second kappa shape index (κ2) is 9.08. The van der Waals surface area contributed by atoms with Crippen molar-refractivity contribution in [2.75, 3.05) is 18.5 Å². The molecule has 1 aromatic heterocycles. The first-order valence-electron chi connectivity index (χ1n) is 10.8. The van der Waals surface area contributed by atoms with E-state index >= 15 is 0 Å². The number of nitrogens with zero attached hydrogens (tertiary/aromatic N) is 2. The highest BCUT2D eigenvalue weighted by Gasteiger charge is 2.45. The minimum Gasteiger partial charge on any atom is -0.329 e. The second-order valence-corrected chi connectivity index (χ2v) is 10.1. The van der Waals surface area contributed by atoms with Crippen LogP contribution in [0.5, 0.6) is 0 Å². The predicted octanol–water partition coefficient (Wildman–Crippen LogP) is 6.31. The van der Waals surface area contributed by atoms with Crippen LogP contribution >= 0.6 is 22.9 Å². The van der Waals surface area contributed by atoms with E-state index in [1.165, 1.54) is 0 Å². The van der Waals surface area contributed by atoms with Gasteiger partial charge in [0, 0.05) is 34.7 Å². The number of benzene rings is 2. The van der Waals surface area contributed by atoms with Gasteiger partial charge in [-0.1, -0.05) is 55.8 Å². The molecular weight excluding hydrogens is 440 g/mol. The average Bonchev–Trinajstić information content (AvgIpc) is 3.30. The van der Waals surface area contributed by atoms with Crippen molar-refractivity contribution >= 4 is 40.4 Å². The first-order valence-corrected chi connectivity index (χ1v) is 12.0. The molecule has 32 heavy (non-hydrogen) atoms. The first kappa shape index (κ1) is 22.6. The van der Waals surface area contributed by atoms with E-state index in [2.05, 4.69) is 13.8 Å². The standard InChI is InChI=1S/C26H27ClN2O2S/c1-16(2)15-29-24(22-10-7-13-32-22)23(19-8-5-6-9-20(19)25(29)30)26(31)28(4)21-14-18(27)12-11-17(21)3/h5-14,16,23-24H,15H2,1-4H3/t23-,24-/m1/s1. The molecule has 2 amide bonds. The van der Waals surface area contributed by atoms with Gasteiger partial charge >= 0.3 is 0 Å². The molecule has 0 fully saturated rings. The first-order chi connectivity index (χ1) is 15.3. The molecule has 6 heteroatoms. The number of fused-ring (bicyclic) bond motifs is 1. The lowest BCUT2D eigenvalue weighted by Crippen LogP contribution is -2.48. The van der Waals surface area contributed by atoms with Gasteiger partial charge in [0.15, 0.2) is 0 Å². The Bertz CT molecular complexity index is 1140.